The molecule has 1 N–H and O–H groups in total. The van der Waals surface area contributed by atoms with Crippen molar-refractivity contribution in [2.24, 2.45) is 5.92 Å². The van der Waals surface area contributed by atoms with Crippen molar-refractivity contribution in [3.8, 4) is 0 Å². The van der Waals surface area contributed by atoms with Gasteiger partial charge in [-0.05, 0) is 31.2 Å². The van der Waals surface area contributed by atoms with Gasteiger partial charge >= 0.3 is 5.97 Å². The third-order valence-corrected chi connectivity index (χ3v) is 4.43. The molecular weight excluding hydrogens is 310 g/mol. The Hall–Kier alpha value is -2.18. The maximum absolute atomic E-state index is 12.0. The predicted molar refractivity (Wildman–Crippen MR) is 90.7 cm³/mol. The highest BCUT2D eigenvalue weighted by atomic mass is 16.6. The number of nitrogens with zero attached hydrogens (tertiary/aromatic N) is 2. The van der Waals surface area contributed by atoms with Gasteiger partial charge in [0.2, 0.25) is 0 Å². The number of nitro groups is 1. The normalized spacial score (nSPS) is 16.4. The second-order valence-electron chi connectivity index (χ2n) is 6.30. The maximum atomic E-state index is 12.0. The Labute approximate surface area is 142 Å². The van der Waals surface area contributed by atoms with Crippen LogP contribution in [0.2, 0.25) is 0 Å². The summed E-state index contributed by atoms with van der Waals surface area (Å²) >= 11 is 0. The quantitative estimate of drug-likeness (QED) is 0.442. The molecule has 1 unspecified atom stereocenters. The largest absolute Gasteiger partial charge is 0.463 e. The van der Waals surface area contributed by atoms with Crippen molar-refractivity contribution >= 4 is 17.5 Å². The summed E-state index contributed by atoms with van der Waals surface area (Å²) in [5, 5.41) is 13.8. The first-order valence-electron chi connectivity index (χ1n) is 8.61. The number of pyridine rings is 1. The minimum atomic E-state index is -0.485. The van der Waals surface area contributed by atoms with Gasteiger partial charge in [-0.2, -0.15) is 0 Å². The van der Waals surface area contributed by atoms with Crippen LogP contribution in [0.15, 0.2) is 18.3 Å². The molecule has 1 heterocycles. The van der Waals surface area contributed by atoms with Gasteiger partial charge in [0, 0.05) is 12.5 Å². The number of rotatable bonds is 8. The summed E-state index contributed by atoms with van der Waals surface area (Å²) in [6.45, 7) is 2.26. The van der Waals surface area contributed by atoms with Gasteiger partial charge in [0.15, 0.2) is 0 Å². The molecule has 0 aliphatic heterocycles. The van der Waals surface area contributed by atoms with Gasteiger partial charge in [-0.3, -0.25) is 14.9 Å². The van der Waals surface area contributed by atoms with Crippen LogP contribution in [-0.2, 0) is 9.53 Å². The van der Waals surface area contributed by atoms with Gasteiger partial charge in [-0.15, -0.1) is 0 Å². The van der Waals surface area contributed by atoms with Crippen molar-refractivity contribution in [2.45, 2.75) is 57.9 Å². The molecule has 7 nitrogen and oxygen atoms in total. The first-order chi connectivity index (χ1) is 11.6. The molecule has 1 saturated carbocycles. The summed E-state index contributed by atoms with van der Waals surface area (Å²) in [7, 11) is 0. The lowest BCUT2D eigenvalue weighted by Gasteiger charge is -2.22. The molecule has 1 aromatic rings. The first kappa shape index (κ1) is 18.2. The molecular formula is C17H25N3O4. The minimum absolute atomic E-state index is 0.0486. The first-order valence-corrected chi connectivity index (χ1v) is 8.61. The molecule has 0 radical (unpaired) electrons. The summed E-state index contributed by atoms with van der Waals surface area (Å²) < 4.78 is 5.39. The zero-order valence-corrected chi connectivity index (χ0v) is 14.1. The topological polar surface area (TPSA) is 94.4 Å². The zero-order valence-electron chi connectivity index (χ0n) is 14.1. The number of hydrogen-bond donors (Lipinski definition) is 1. The maximum Gasteiger partial charge on any atom is 0.306 e. The van der Waals surface area contributed by atoms with Crippen LogP contribution in [0.3, 0.4) is 0 Å². The molecule has 0 spiro atoms. The lowest BCUT2D eigenvalue weighted by Crippen LogP contribution is -2.27. The van der Waals surface area contributed by atoms with Crippen molar-refractivity contribution in [1.29, 1.82) is 0 Å². The van der Waals surface area contributed by atoms with Crippen molar-refractivity contribution < 1.29 is 14.5 Å². The zero-order chi connectivity index (χ0) is 17.4. The molecule has 0 amide bonds. The van der Waals surface area contributed by atoms with Gasteiger partial charge in [0.25, 0.3) is 5.69 Å². The molecule has 0 aromatic carbocycles. The van der Waals surface area contributed by atoms with Gasteiger partial charge in [0.1, 0.15) is 18.6 Å². The SMILES string of the molecule is CCC(COC(=O)CC1CCCCC1)Nc1ccc([N+](=O)[O-])cn1. The highest BCUT2D eigenvalue weighted by Crippen LogP contribution is 2.26. The summed E-state index contributed by atoms with van der Waals surface area (Å²) in [4.78, 5) is 26.1. The van der Waals surface area contributed by atoms with Gasteiger partial charge < -0.3 is 10.1 Å². The monoisotopic (exact) mass is 335 g/mol. The number of esters is 1. The number of carbonyl (C=O) groups is 1. The third kappa shape index (κ3) is 5.79. The number of aromatic nitrogens is 1. The number of anilines is 1. The van der Waals surface area contributed by atoms with E-state index in [-0.39, 0.29) is 24.3 Å². The van der Waals surface area contributed by atoms with Crippen LogP contribution < -0.4 is 5.32 Å². The Kier molecular flexibility index (Phi) is 6.96. The molecule has 7 heteroatoms. The van der Waals surface area contributed by atoms with Crippen molar-refractivity contribution in [3.63, 3.8) is 0 Å². The summed E-state index contributed by atoms with van der Waals surface area (Å²) in [5.74, 6) is 0.866. The molecule has 0 bridgehead atoms. The van der Waals surface area contributed by atoms with E-state index in [0.717, 1.165) is 19.3 Å². The number of carbonyl (C=O) groups excluding carboxylic acids is 1. The van der Waals surface area contributed by atoms with E-state index in [1.807, 2.05) is 6.92 Å². The Morgan fingerprint density at radius 2 is 2.17 bits per heavy atom. The Balaban J connectivity index is 1.76. The van der Waals surface area contributed by atoms with E-state index >= 15 is 0 Å². The van der Waals surface area contributed by atoms with Crippen LogP contribution >= 0.6 is 0 Å². The molecule has 1 aliphatic rings. The second-order valence-corrected chi connectivity index (χ2v) is 6.30. The standard InChI is InChI=1S/C17H25N3O4/c1-2-14(19-16-9-8-15(11-18-16)20(22)23)12-24-17(21)10-13-6-4-3-5-7-13/h8-9,11,13-14H,2-7,10,12H2,1H3,(H,18,19). The predicted octanol–water partition coefficient (Wildman–Crippen LogP) is 3.69. The molecule has 1 atom stereocenters. The van der Waals surface area contributed by atoms with Crippen LogP contribution in [0.5, 0.6) is 0 Å². The average Bonchev–Trinajstić information content (AvgIpc) is 2.60. The molecule has 1 aliphatic carbocycles. The van der Waals surface area contributed by atoms with Crippen molar-refractivity contribution in [1.82, 2.24) is 4.98 Å². The Morgan fingerprint density at radius 1 is 1.42 bits per heavy atom. The van der Waals surface area contributed by atoms with E-state index in [2.05, 4.69) is 10.3 Å². The van der Waals surface area contributed by atoms with Crippen LogP contribution in [0.25, 0.3) is 0 Å². The van der Waals surface area contributed by atoms with Crippen LogP contribution in [0.1, 0.15) is 51.9 Å². The van der Waals surface area contributed by atoms with Gasteiger partial charge in [-0.25, -0.2) is 4.98 Å². The minimum Gasteiger partial charge on any atom is -0.463 e. The third-order valence-electron chi connectivity index (χ3n) is 4.43. The number of nitrogens with one attached hydrogen (secondary N) is 1. The fraction of sp³-hybridized carbons (Fsp3) is 0.647. The smallest absolute Gasteiger partial charge is 0.306 e. The van der Waals surface area contributed by atoms with E-state index in [4.69, 9.17) is 4.74 Å². The fourth-order valence-electron chi connectivity index (χ4n) is 2.93. The second kappa shape index (κ2) is 9.20. The lowest BCUT2D eigenvalue weighted by atomic mass is 9.87. The van der Waals surface area contributed by atoms with E-state index < -0.39 is 4.92 Å². The molecule has 0 saturated heterocycles. The van der Waals surface area contributed by atoms with Crippen LogP contribution in [0.4, 0.5) is 11.5 Å². The summed E-state index contributed by atoms with van der Waals surface area (Å²) in [6.07, 6.45) is 8.42. The lowest BCUT2D eigenvalue weighted by molar-refractivity contribution is -0.385. The van der Waals surface area contributed by atoms with E-state index in [1.165, 1.54) is 31.5 Å². The van der Waals surface area contributed by atoms with Crippen molar-refractivity contribution in [3.05, 3.63) is 28.4 Å². The van der Waals surface area contributed by atoms with E-state index in [0.29, 0.717) is 18.2 Å². The summed E-state index contributed by atoms with van der Waals surface area (Å²) in [6, 6.07) is 2.90. The molecule has 2 rings (SSSR count). The fourth-order valence-corrected chi connectivity index (χ4v) is 2.93. The van der Waals surface area contributed by atoms with Gasteiger partial charge in [0.05, 0.1) is 11.0 Å². The number of hydrogen-bond acceptors (Lipinski definition) is 6. The van der Waals surface area contributed by atoms with Crippen molar-refractivity contribution in [2.75, 3.05) is 11.9 Å². The van der Waals surface area contributed by atoms with Crippen LogP contribution in [0, 0.1) is 16.0 Å². The Bertz CT molecular complexity index is 541. The molecule has 1 fully saturated rings. The van der Waals surface area contributed by atoms with E-state index in [9.17, 15) is 14.9 Å². The summed E-state index contributed by atoms with van der Waals surface area (Å²) in [5.41, 5.74) is -0.0486. The number of ether oxygens (including phenoxy) is 1. The molecule has 1 aromatic heterocycles. The highest BCUT2D eigenvalue weighted by molar-refractivity contribution is 5.69. The average molecular weight is 335 g/mol. The van der Waals surface area contributed by atoms with Gasteiger partial charge in [-0.1, -0.05) is 26.2 Å². The van der Waals surface area contributed by atoms with Crippen LogP contribution in [-0.4, -0.2) is 28.5 Å². The molecule has 24 heavy (non-hydrogen) atoms. The van der Waals surface area contributed by atoms with E-state index in [1.54, 1.807) is 6.07 Å². The Morgan fingerprint density at radius 3 is 2.75 bits per heavy atom. The molecule has 132 valence electrons. The highest BCUT2D eigenvalue weighted by Gasteiger charge is 2.19.